The molecular weight excluding hydrogens is 596 g/mol. The van der Waals surface area contributed by atoms with Crippen LogP contribution in [0.25, 0.3) is 33.5 Å². The van der Waals surface area contributed by atoms with E-state index in [0.717, 1.165) is 52.8 Å². The Morgan fingerprint density at radius 1 is 1.04 bits per heavy atom. The van der Waals surface area contributed by atoms with Crippen LogP contribution in [-0.4, -0.2) is 91.6 Å². The number of imidazole rings is 1. The van der Waals surface area contributed by atoms with Gasteiger partial charge in [-0.05, 0) is 48.9 Å². The van der Waals surface area contributed by atoms with Crippen molar-refractivity contribution in [3.05, 3.63) is 65.5 Å². The van der Waals surface area contributed by atoms with Crippen LogP contribution in [0.1, 0.15) is 46.7 Å². The molecule has 3 aromatic heterocycles. The predicted molar refractivity (Wildman–Crippen MR) is 177 cm³/mol. The third-order valence-corrected chi connectivity index (χ3v) is 10.6. The summed E-state index contributed by atoms with van der Waals surface area (Å²) < 4.78 is 17.1. The first-order valence-corrected chi connectivity index (χ1v) is 16.3. The van der Waals surface area contributed by atoms with Crippen LogP contribution in [0.4, 0.5) is 4.79 Å². The third-order valence-electron chi connectivity index (χ3n) is 10.6. The molecule has 47 heavy (non-hydrogen) atoms. The molecule has 1 saturated carbocycles. The molecule has 0 unspecified atom stereocenters. The van der Waals surface area contributed by atoms with Crippen LogP contribution in [0.2, 0.25) is 0 Å². The normalized spacial score (nSPS) is 21.1. The van der Waals surface area contributed by atoms with Crippen LogP contribution in [0.5, 0.6) is 5.75 Å². The van der Waals surface area contributed by atoms with Crippen molar-refractivity contribution < 1.29 is 19.1 Å². The van der Waals surface area contributed by atoms with Crippen molar-refractivity contribution in [3.8, 4) is 17.3 Å². The molecule has 0 radical (unpaired) electrons. The van der Waals surface area contributed by atoms with Gasteiger partial charge in [-0.3, -0.25) is 9.48 Å². The standard InChI is InChI=1S/C35H40N8O4/c1-39-15-20(14-37-39)16-43-32-28(10-23(12-30(32)46-3)34(44)42-19-22-8-9-25(42)13-27(22)36)38-33(43)29-11-21-6-5-7-26(31(21)40(29)2)24-17-41(18-24)35(45)47-4/h5-7,10-12,14-15,22,24-25,27H,8-9,13,16-19,36H2,1-4H3/t22-,25-,27+/m1/s1. The minimum atomic E-state index is -0.298. The summed E-state index contributed by atoms with van der Waals surface area (Å²) in [5.41, 5.74) is 12.7. The smallest absolute Gasteiger partial charge is 0.409 e. The predicted octanol–water partition coefficient (Wildman–Crippen LogP) is 4.10. The molecule has 1 aliphatic carbocycles. The minimum absolute atomic E-state index is 0.00547. The van der Waals surface area contributed by atoms with Crippen LogP contribution in [0.15, 0.2) is 48.8 Å². The lowest BCUT2D eigenvalue weighted by molar-refractivity contribution is 0.0261. The largest absolute Gasteiger partial charge is 0.494 e. The molecule has 9 rings (SSSR count). The van der Waals surface area contributed by atoms with Gasteiger partial charge in [-0.15, -0.1) is 0 Å². The maximum absolute atomic E-state index is 14.0. The van der Waals surface area contributed by atoms with Gasteiger partial charge in [0.25, 0.3) is 5.91 Å². The van der Waals surface area contributed by atoms with Crippen LogP contribution in [0.3, 0.4) is 0 Å². The van der Waals surface area contributed by atoms with Gasteiger partial charge in [0, 0.05) is 74.4 Å². The lowest BCUT2D eigenvalue weighted by atomic mass is 9.76. The topological polar surface area (TPSA) is 126 Å². The monoisotopic (exact) mass is 636 g/mol. The number of nitrogens with two attached hydrogens (primary N) is 1. The Hall–Kier alpha value is -4.84. The molecule has 2 N–H and O–H groups in total. The number of hydrogen-bond acceptors (Lipinski definition) is 7. The highest BCUT2D eigenvalue weighted by atomic mass is 16.5. The number of nitrogens with zero attached hydrogens (tertiary/aromatic N) is 7. The number of carbonyl (C=O) groups excluding carboxylic acids is 2. The van der Waals surface area contributed by atoms with Crippen molar-refractivity contribution >= 4 is 33.9 Å². The molecule has 0 spiro atoms. The van der Waals surface area contributed by atoms with E-state index in [-0.39, 0.29) is 30.0 Å². The second kappa shape index (κ2) is 11.2. The fraction of sp³-hybridized carbons (Fsp3) is 0.429. The highest BCUT2D eigenvalue weighted by molar-refractivity contribution is 6.00. The summed E-state index contributed by atoms with van der Waals surface area (Å²) in [6.45, 7) is 2.44. The summed E-state index contributed by atoms with van der Waals surface area (Å²) in [6.07, 6.45) is 6.49. The third kappa shape index (κ3) is 4.76. The van der Waals surface area contributed by atoms with Gasteiger partial charge in [-0.1, -0.05) is 18.2 Å². The zero-order chi connectivity index (χ0) is 32.6. The molecule has 2 amide bonds. The summed E-state index contributed by atoms with van der Waals surface area (Å²) in [4.78, 5) is 35.0. The van der Waals surface area contributed by atoms with Gasteiger partial charge in [0.05, 0.1) is 43.7 Å². The van der Waals surface area contributed by atoms with E-state index in [0.29, 0.717) is 48.9 Å². The van der Waals surface area contributed by atoms with Crippen molar-refractivity contribution in [3.63, 3.8) is 0 Å². The minimum Gasteiger partial charge on any atom is -0.494 e. The molecule has 3 saturated heterocycles. The number of aryl methyl sites for hydroxylation is 2. The van der Waals surface area contributed by atoms with Gasteiger partial charge in [0.15, 0.2) is 5.82 Å². The number of benzene rings is 2. The van der Waals surface area contributed by atoms with E-state index < -0.39 is 0 Å². The summed E-state index contributed by atoms with van der Waals surface area (Å²) in [6, 6.07) is 12.6. The summed E-state index contributed by atoms with van der Waals surface area (Å²) >= 11 is 0. The van der Waals surface area contributed by atoms with Gasteiger partial charge < -0.3 is 34.1 Å². The Labute approximate surface area is 272 Å². The van der Waals surface area contributed by atoms with Gasteiger partial charge in [0.2, 0.25) is 0 Å². The number of likely N-dealkylation sites (tertiary alicyclic amines) is 1. The lowest BCUT2D eigenvalue weighted by Gasteiger charge is -2.48. The average Bonchev–Trinajstić information content (AvgIpc) is 3.74. The van der Waals surface area contributed by atoms with Crippen LogP contribution in [-0.2, 0) is 25.4 Å². The van der Waals surface area contributed by atoms with Crippen LogP contribution >= 0.6 is 0 Å². The Kier molecular flexibility index (Phi) is 7.01. The van der Waals surface area contributed by atoms with Crippen molar-refractivity contribution in [1.29, 1.82) is 0 Å². The van der Waals surface area contributed by atoms with Crippen molar-refractivity contribution in [2.24, 2.45) is 25.7 Å². The number of aromatic nitrogens is 5. The Morgan fingerprint density at radius 2 is 1.87 bits per heavy atom. The van der Waals surface area contributed by atoms with Crippen molar-refractivity contribution in [1.82, 2.24) is 33.7 Å². The number of piperidine rings is 2. The van der Waals surface area contributed by atoms with Gasteiger partial charge in [-0.2, -0.15) is 5.10 Å². The van der Waals surface area contributed by atoms with Crippen LogP contribution < -0.4 is 10.5 Å². The molecule has 3 aliphatic heterocycles. The number of fused-ring (bicyclic) bond motifs is 5. The summed E-state index contributed by atoms with van der Waals surface area (Å²) in [7, 11) is 7.03. The number of ether oxygens (including phenoxy) is 2. The van der Waals surface area contributed by atoms with E-state index >= 15 is 0 Å². The molecule has 5 aromatic rings. The molecule has 2 bridgehead atoms. The average molecular weight is 637 g/mol. The molecule has 12 heteroatoms. The first kappa shape index (κ1) is 29.6. The Bertz CT molecular complexity index is 2040. The van der Waals surface area contributed by atoms with E-state index in [1.54, 1.807) is 16.7 Å². The van der Waals surface area contributed by atoms with E-state index in [1.165, 1.54) is 12.7 Å². The number of methoxy groups -OCH3 is 2. The molecule has 4 aliphatic rings. The second-order valence-corrected chi connectivity index (χ2v) is 13.4. The Morgan fingerprint density at radius 3 is 2.55 bits per heavy atom. The fourth-order valence-electron chi connectivity index (χ4n) is 8.11. The first-order chi connectivity index (χ1) is 22.7. The Balaban J connectivity index is 1.24. The van der Waals surface area contributed by atoms with E-state index in [1.807, 2.05) is 36.5 Å². The number of carbonyl (C=O) groups is 2. The van der Waals surface area contributed by atoms with E-state index in [4.69, 9.17) is 20.2 Å². The maximum Gasteiger partial charge on any atom is 0.409 e. The molecular formula is C35H40N8O4. The van der Waals surface area contributed by atoms with Crippen molar-refractivity contribution in [2.75, 3.05) is 33.9 Å². The fourth-order valence-corrected chi connectivity index (χ4v) is 8.11. The molecule has 4 fully saturated rings. The molecule has 244 valence electrons. The quantitative estimate of drug-likeness (QED) is 0.298. The number of amides is 2. The van der Waals surface area contributed by atoms with Crippen LogP contribution in [0, 0.1) is 5.92 Å². The zero-order valence-corrected chi connectivity index (χ0v) is 27.2. The van der Waals surface area contributed by atoms with E-state index in [2.05, 4.69) is 45.5 Å². The van der Waals surface area contributed by atoms with Gasteiger partial charge in [0.1, 0.15) is 11.3 Å². The molecule has 6 heterocycles. The lowest BCUT2D eigenvalue weighted by Crippen LogP contribution is -2.58. The number of rotatable bonds is 6. The summed E-state index contributed by atoms with van der Waals surface area (Å²) in [5.74, 6) is 1.93. The highest BCUT2D eigenvalue weighted by Crippen LogP contribution is 2.40. The SMILES string of the molecule is COC(=O)N1CC(c2cccc3cc(-c4nc5cc(C(=O)N6C[C@H]7CC[C@@H]6C[C@@H]7N)cc(OC)c5n4Cc4cnn(C)c4)n(C)c23)C1. The van der Waals surface area contributed by atoms with Gasteiger partial charge in [-0.25, -0.2) is 9.78 Å². The molecule has 2 aromatic carbocycles. The van der Waals surface area contributed by atoms with Crippen molar-refractivity contribution in [2.45, 2.75) is 43.8 Å². The summed E-state index contributed by atoms with van der Waals surface area (Å²) in [5, 5.41) is 5.50. The first-order valence-electron chi connectivity index (χ1n) is 16.3. The molecule has 12 nitrogen and oxygen atoms in total. The number of para-hydroxylation sites is 1. The maximum atomic E-state index is 14.0. The molecule has 3 atom stereocenters. The number of hydrogen-bond donors (Lipinski definition) is 1. The van der Waals surface area contributed by atoms with Gasteiger partial charge >= 0.3 is 6.09 Å². The zero-order valence-electron chi connectivity index (χ0n) is 27.2. The highest BCUT2D eigenvalue weighted by Gasteiger charge is 2.41. The second-order valence-electron chi connectivity index (χ2n) is 13.4. The van der Waals surface area contributed by atoms with E-state index in [9.17, 15) is 9.59 Å².